The number of carbonyl (C=O) groups is 1. The minimum Gasteiger partial charge on any atom is -0.300 e. The number of Topliss-reactive ketones (excluding diaryl/α,β-unsaturated/α-hetero) is 1. The van der Waals surface area contributed by atoms with Crippen LogP contribution in [0.25, 0.3) is 0 Å². The molecule has 0 amide bonds. The molecule has 0 spiro atoms. The zero-order valence-electron chi connectivity index (χ0n) is 12.9. The summed E-state index contributed by atoms with van der Waals surface area (Å²) in [6.07, 6.45) is 2.21. The molecule has 0 radical (unpaired) electrons. The van der Waals surface area contributed by atoms with Crippen molar-refractivity contribution in [2.75, 3.05) is 0 Å². The van der Waals surface area contributed by atoms with Crippen molar-refractivity contribution in [3.63, 3.8) is 0 Å². The Hall–Kier alpha value is -1.62. The summed E-state index contributed by atoms with van der Waals surface area (Å²) in [6, 6.07) is 12.3. The number of carbonyl (C=O) groups excluding carboxylic acids is 1. The third-order valence-corrected chi connectivity index (χ3v) is 2.49. The minimum absolute atomic E-state index is 0.0185. The Morgan fingerprint density at radius 3 is 2.05 bits per heavy atom. The van der Waals surface area contributed by atoms with Crippen LogP contribution in [0.2, 0.25) is 0 Å². The van der Waals surface area contributed by atoms with Crippen molar-refractivity contribution in [1.29, 1.82) is 5.26 Å². The van der Waals surface area contributed by atoms with Crippen LogP contribution in [0.15, 0.2) is 30.3 Å². The van der Waals surface area contributed by atoms with Crippen molar-refractivity contribution < 1.29 is 4.79 Å². The van der Waals surface area contributed by atoms with E-state index in [1.54, 1.807) is 6.92 Å². The van der Waals surface area contributed by atoms with Crippen molar-refractivity contribution in [2.24, 2.45) is 5.92 Å². The van der Waals surface area contributed by atoms with Gasteiger partial charge in [0.25, 0.3) is 0 Å². The lowest BCUT2D eigenvalue weighted by molar-refractivity contribution is -0.120. The average Bonchev–Trinajstić information content (AvgIpc) is 2.42. The second-order valence-corrected chi connectivity index (χ2v) is 4.11. The summed E-state index contributed by atoms with van der Waals surface area (Å²) in [5, 5.41) is 8.31. The van der Waals surface area contributed by atoms with E-state index in [1.807, 2.05) is 45.0 Å². The lowest BCUT2D eigenvalue weighted by Gasteiger charge is -2.05. The van der Waals surface area contributed by atoms with E-state index in [9.17, 15) is 4.79 Å². The molecule has 1 aromatic rings. The number of hydrogen-bond acceptors (Lipinski definition) is 2. The van der Waals surface area contributed by atoms with E-state index in [4.69, 9.17) is 5.26 Å². The summed E-state index contributed by atoms with van der Waals surface area (Å²) in [4.78, 5) is 10.8. The molecule has 106 valence electrons. The van der Waals surface area contributed by atoms with E-state index in [2.05, 4.69) is 19.1 Å². The lowest BCUT2D eigenvalue weighted by atomic mass is 9.97. The van der Waals surface area contributed by atoms with Crippen molar-refractivity contribution in [3.8, 4) is 6.07 Å². The first-order valence-corrected chi connectivity index (χ1v) is 7.00. The highest BCUT2D eigenvalue weighted by atomic mass is 16.1. The van der Waals surface area contributed by atoms with Gasteiger partial charge in [-0.05, 0) is 20.3 Å². The van der Waals surface area contributed by atoms with Crippen LogP contribution in [0.4, 0.5) is 0 Å². The zero-order valence-corrected chi connectivity index (χ0v) is 12.9. The third-order valence-electron chi connectivity index (χ3n) is 2.49. The molecular formula is C17H27NO. The van der Waals surface area contributed by atoms with Crippen LogP contribution in [0.1, 0.15) is 52.5 Å². The normalized spacial score (nSPS) is 9.89. The van der Waals surface area contributed by atoms with Crippen molar-refractivity contribution in [1.82, 2.24) is 0 Å². The maximum Gasteiger partial charge on any atom is 0.133 e. The highest BCUT2D eigenvalue weighted by Gasteiger charge is 2.11. The quantitative estimate of drug-likeness (QED) is 0.771. The summed E-state index contributed by atoms with van der Waals surface area (Å²) < 4.78 is 0. The zero-order chi connectivity index (χ0) is 15.1. The molecule has 0 saturated heterocycles. The van der Waals surface area contributed by atoms with Crippen LogP contribution in [-0.4, -0.2) is 5.78 Å². The Bertz CT molecular complexity index is 351. The molecule has 0 aliphatic carbocycles. The fourth-order valence-electron chi connectivity index (χ4n) is 1.44. The van der Waals surface area contributed by atoms with Gasteiger partial charge in [-0.15, -0.1) is 0 Å². The largest absolute Gasteiger partial charge is 0.300 e. The molecule has 2 nitrogen and oxygen atoms in total. The minimum atomic E-state index is -0.0185. The highest BCUT2D eigenvalue weighted by Crippen LogP contribution is 2.10. The Morgan fingerprint density at radius 2 is 1.79 bits per heavy atom. The number of aryl methyl sites for hydroxylation is 1. The van der Waals surface area contributed by atoms with Gasteiger partial charge in [0.1, 0.15) is 5.78 Å². The highest BCUT2D eigenvalue weighted by molar-refractivity contribution is 5.78. The third kappa shape index (κ3) is 12.6. The Balaban J connectivity index is 0. The number of nitriles is 1. The van der Waals surface area contributed by atoms with Crippen molar-refractivity contribution >= 4 is 5.78 Å². The molecule has 0 saturated carbocycles. The van der Waals surface area contributed by atoms with Gasteiger partial charge >= 0.3 is 0 Å². The van der Waals surface area contributed by atoms with E-state index in [0.29, 0.717) is 6.42 Å². The van der Waals surface area contributed by atoms with Crippen molar-refractivity contribution in [3.05, 3.63) is 35.9 Å². The summed E-state index contributed by atoms with van der Waals surface area (Å²) in [5.41, 5.74) is 1.32. The molecule has 0 heterocycles. The van der Waals surface area contributed by atoms with Crippen LogP contribution in [0, 0.1) is 24.2 Å². The SMILES string of the molecule is CC.CCCC(CC#N)C(C)=O.Cc1ccccc1. The van der Waals surface area contributed by atoms with Gasteiger partial charge in [-0.1, -0.05) is 63.1 Å². The van der Waals surface area contributed by atoms with Crippen LogP contribution >= 0.6 is 0 Å². The summed E-state index contributed by atoms with van der Waals surface area (Å²) >= 11 is 0. The molecule has 19 heavy (non-hydrogen) atoms. The van der Waals surface area contributed by atoms with E-state index in [1.165, 1.54) is 5.56 Å². The average molecular weight is 261 g/mol. The molecule has 0 aliphatic rings. The number of nitrogens with zero attached hydrogens (tertiary/aromatic N) is 1. The van der Waals surface area contributed by atoms with Gasteiger partial charge in [0.15, 0.2) is 0 Å². The summed E-state index contributed by atoms with van der Waals surface area (Å²) in [6.45, 7) is 9.66. The maximum absolute atomic E-state index is 10.8. The standard InChI is InChI=1S/C8H13NO.C7H8.C2H6/c1-3-4-8(5-6-9)7(2)10;1-7-5-3-2-4-6-7;1-2/h8H,3-5H2,1-2H3;2-6H,1H3;1-2H3. The molecule has 0 aromatic heterocycles. The van der Waals surface area contributed by atoms with Gasteiger partial charge in [-0.3, -0.25) is 4.79 Å². The predicted molar refractivity (Wildman–Crippen MR) is 81.8 cm³/mol. The Kier molecular flexibility index (Phi) is 15.0. The molecule has 2 heteroatoms. The van der Waals surface area contributed by atoms with Crippen LogP contribution < -0.4 is 0 Å². The smallest absolute Gasteiger partial charge is 0.133 e. The van der Waals surface area contributed by atoms with E-state index < -0.39 is 0 Å². The fourth-order valence-corrected chi connectivity index (χ4v) is 1.44. The molecule has 0 N–H and O–H groups in total. The fraction of sp³-hybridized carbons (Fsp3) is 0.529. The molecule has 1 aromatic carbocycles. The predicted octanol–water partition coefficient (Wildman–Crippen LogP) is 4.93. The molecule has 1 atom stereocenters. The second kappa shape index (κ2) is 14.4. The van der Waals surface area contributed by atoms with Crippen LogP contribution in [-0.2, 0) is 4.79 Å². The Labute approximate surface area is 118 Å². The van der Waals surface area contributed by atoms with Gasteiger partial charge in [0, 0.05) is 12.3 Å². The van der Waals surface area contributed by atoms with E-state index in [0.717, 1.165) is 12.8 Å². The van der Waals surface area contributed by atoms with Gasteiger partial charge in [0.05, 0.1) is 6.07 Å². The molecule has 0 aliphatic heterocycles. The number of rotatable bonds is 4. The molecular weight excluding hydrogens is 234 g/mol. The number of hydrogen-bond donors (Lipinski definition) is 0. The first-order valence-electron chi connectivity index (χ1n) is 7.00. The van der Waals surface area contributed by atoms with E-state index >= 15 is 0 Å². The van der Waals surface area contributed by atoms with Gasteiger partial charge in [-0.25, -0.2) is 0 Å². The van der Waals surface area contributed by atoms with Crippen LogP contribution in [0.3, 0.4) is 0 Å². The van der Waals surface area contributed by atoms with Gasteiger partial charge in [-0.2, -0.15) is 5.26 Å². The number of ketones is 1. The van der Waals surface area contributed by atoms with E-state index in [-0.39, 0.29) is 11.7 Å². The number of benzene rings is 1. The molecule has 1 rings (SSSR count). The summed E-state index contributed by atoms with van der Waals surface area (Å²) in [7, 11) is 0. The maximum atomic E-state index is 10.8. The molecule has 0 fully saturated rings. The summed E-state index contributed by atoms with van der Waals surface area (Å²) in [5.74, 6) is 0.124. The van der Waals surface area contributed by atoms with Gasteiger partial charge < -0.3 is 0 Å². The molecule has 1 unspecified atom stereocenters. The Morgan fingerprint density at radius 1 is 1.26 bits per heavy atom. The first kappa shape index (κ1) is 19.7. The van der Waals surface area contributed by atoms with Crippen molar-refractivity contribution in [2.45, 2.75) is 53.9 Å². The lowest BCUT2D eigenvalue weighted by Crippen LogP contribution is -2.09. The first-order chi connectivity index (χ1) is 9.11. The van der Waals surface area contributed by atoms with Gasteiger partial charge in [0.2, 0.25) is 0 Å². The molecule has 0 bridgehead atoms. The monoisotopic (exact) mass is 261 g/mol. The topological polar surface area (TPSA) is 40.9 Å². The van der Waals surface area contributed by atoms with Crippen LogP contribution in [0.5, 0.6) is 0 Å². The second-order valence-electron chi connectivity index (χ2n) is 4.11.